The Hall–Kier alpha value is -1.06. The van der Waals surface area contributed by atoms with Gasteiger partial charge in [-0.25, -0.2) is 0 Å². The molecule has 1 aromatic carbocycles. The van der Waals surface area contributed by atoms with E-state index >= 15 is 0 Å². The molecular weight excluding hydrogens is 262 g/mol. The topological polar surface area (TPSA) is 32.7 Å². The molecule has 1 aliphatic carbocycles. The van der Waals surface area contributed by atoms with Gasteiger partial charge in [-0.2, -0.15) is 0 Å². The van der Waals surface area contributed by atoms with Gasteiger partial charge in [-0.05, 0) is 48.9 Å². The SMILES string of the molecule is Cc1cc(OCCN(CCO)C2CCC2)ccc1C(C)C. The van der Waals surface area contributed by atoms with Crippen LogP contribution in [0, 0.1) is 6.92 Å². The summed E-state index contributed by atoms with van der Waals surface area (Å²) >= 11 is 0. The standard InChI is InChI=1S/C18H29NO2/c1-14(2)18-8-7-17(13-15(18)3)21-12-10-19(9-11-20)16-5-4-6-16/h7-8,13-14,16,20H,4-6,9-12H2,1-3H3. The lowest BCUT2D eigenvalue weighted by Crippen LogP contribution is -2.43. The molecule has 0 unspecified atom stereocenters. The smallest absolute Gasteiger partial charge is 0.119 e. The largest absolute Gasteiger partial charge is 0.492 e. The molecule has 0 heterocycles. The first kappa shape index (κ1) is 16.3. The van der Waals surface area contributed by atoms with Crippen molar-refractivity contribution < 1.29 is 9.84 Å². The predicted octanol–water partition coefficient (Wildman–Crippen LogP) is 3.34. The van der Waals surface area contributed by atoms with Crippen LogP contribution in [0.3, 0.4) is 0 Å². The van der Waals surface area contributed by atoms with Gasteiger partial charge in [0.25, 0.3) is 0 Å². The van der Waals surface area contributed by atoms with Crippen molar-refractivity contribution in [3.8, 4) is 5.75 Å². The lowest BCUT2D eigenvalue weighted by molar-refractivity contribution is 0.0860. The first-order chi connectivity index (χ1) is 10.1. The number of hydrogen-bond donors (Lipinski definition) is 1. The van der Waals surface area contributed by atoms with E-state index in [4.69, 9.17) is 9.84 Å². The van der Waals surface area contributed by atoms with Gasteiger partial charge in [0.15, 0.2) is 0 Å². The van der Waals surface area contributed by atoms with Crippen molar-refractivity contribution in [1.29, 1.82) is 0 Å². The van der Waals surface area contributed by atoms with Crippen molar-refractivity contribution in [3.63, 3.8) is 0 Å². The molecule has 21 heavy (non-hydrogen) atoms. The summed E-state index contributed by atoms with van der Waals surface area (Å²) in [7, 11) is 0. The van der Waals surface area contributed by atoms with E-state index in [1.165, 1.54) is 30.4 Å². The van der Waals surface area contributed by atoms with Crippen LogP contribution in [0.5, 0.6) is 5.75 Å². The van der Waals surface area contributed by atoms with Gasteiger partial charge in [0.05, 0.1) is 6.61 Å². The highest BCUT2D eigenvalue weighted by molar-refractivity contribution is 5.36. The number of benzene rings is 1. The van der Waals surface area contributed by atoms with Crippen molar-refractivity contribution in [2.75, 3.05) is 26.3 Å². The average molecular weight is 291 g/mol. The molecule has 3 heteroatoms. The maximum absolute atomic E-state index is 9.16. The molecule has 0 atom stereocenters. The van der Waals surface area contributed by atoms with Gasteiger partial charge < -0.3 is 9.84 Å². The Balaban J connectivity index is 1.83. The number of aliphatic hydroxyl groups is 1. The average Bonchev–Trinajstić information content (AvgIpc) is 2.36. The van der Waals surface area contributed by atoms with E-state index in [1.54, 1.807) is 0 Å². The van der Waals surface area contributed by atoms with Gasteiger partial charge >= 0.3 is 0 Å². The highest BCUT2D eigenvalue weighted by Crippen LogP contribution is 2.25. The summed E-state index contributed by atoms with van der Waals surface area (Å²) in [6.45, 7) is 9.17. The summed E-state index contributed by atoms with van der Waals surface area (Å²) in [6, 6.07) is 7.04. The number of nitrogens with zero attached hydrogens (tertiary/aromatic N) is 1. The molecule has 3 nitrogen and oxygen atoms in total. The van der Waals surface area contributed by atoms with Crippen LogP contribution in [0.25, 0.3) is 0 Å². The highest BCUT2D eigenvalue weighted by atomic mass is 16.5. The van der Waals surface area contributed by atoms with Gasteiger partial charge in [0.1, 0.15) is 12.4 Å². The van der Waals surface area contributed by atoms with E-state index < -0.39 is 0 Å². The van der Waals surface area contributed by atoms with Crippen LogP contribution >= 0.6 is 0 Å². The third-order valence-electron chi connectivity index (χ3n) is 4.49. The van der Waals surface area contributed by atoms with Crippen LogP contribution in [-0.2, 0) is 0 Å². The lowest BCUT2D eigenvalue weighted by atomic mass is 9.91. The Morgan fingerprint density at radius 2 is 2.05 bits per heavy atom. The monoisotopic (exact) mass is 291 g/mol. The predicted molar refractivity (Wildman–Crippen MR) is 87.1 cm³/mol. The quantitative estimate of drug-likeness (QED) is 0.797. The van der Waals surface area contributed by atoms with E-state index in [-0.39, 0.29) is 6.61 Å². The number of aryl methyl sites for hydroxylation is 1. The lowest BCUT2D eigenvalue weighted by Gasteiger charge is -2.37. The normalized spacial score (nSPS) is 15.5. The minimum absolute atomic E-state index is 0.235. The summed E-state index contributed by atoms with van der Waals surface area (Å²) in [4.78, 5) is 2.36. The molecular formula is C18H29NO2. The molecule has 2 rings (SSSR count). The van der Waals surface area contributed by atoms with Crippen molar-refractivity contribution in [3.05, 3.63) is 29.3 Å². The maximum atomic E-state index is 9.16. The van der Waals surface area contributed by atoms with E-state index in [1.807, 2.05) is 0 Å². The second-order valence-electron chi connectivity index (χ2n) is 6.37. The summed E-state index contributed by atoms with van der Waals surface area (Å²) in [6.07, 6.45) is 3.85. The molecule has 1 N–H and O–H groups in total. The molecule has 0 saturated heterocycles. The molecule has 0 bridgehead atoms. The second-order valence-corrected chi connectivity index (χ2v) is 6.37. The fraction of sp³-hybridized carbons (Fsp3) is 0.667. The maximum Gasteiger partial charge on any atom is 0.119 e. The van der Waals surface area contributed by atoms with Gasteiger partial charge in [-0.15, -0.1) is 0 Å². The molecule has 118 valence electrons. The fourth-order valence-corrected chi connectivity index (χ4v) is 3.02. The Labute approximate surface area is 128 Å². The van der Waals surface area contributed by atoms with Crippen LogP contribution in [0.15, 0.2) is 18.2 Å². The first-order valence-corrected chi connectivity index (χ1v) is 8.20. The Kier molecular flexibility index (Phi) is 6.07. The molecule has 0 aromatic heterocycles. The van der Waals surface area contributed by atoms with E-state index in [9.17, 15) is 0 Å². The number of aliphatic hydroxyl groups excluding tert-OH is 1. The highest BCUT2D eigenvalue weighted by Gasteiger charge is 2.24. The van der Waals surface area contributed by atoms with Crippen molar-refractivity contribution in [2.24, 2.45) is 0 Å². The zero-order valence-corrected chi connectivity index (χ0v) is 13.6. The molecule has 1 aromatic rings. The minimum Gasteiger partial charge on any atom is -0.492 e. The van der Waals surface area contributed by atoms with Gasteiger partial charge in [0, 0.05) is 19.1 Å². The van der Waals surface area contributed by atoms with Crippen LogP contribution in [0.2, 0.25) is 0 Å². The van der Waals surface area contributed by atoms with Crippen LogP contribution in [0.1, 0.15) is 50.2 Å². The van der Waals surface area contributed by atoms with Crippen LogP contribution < -0.4 is 4.74 Å². The Bertz CT molecular complexity index is 441. The van der Waals surface area contributed by atoms with Gasteiger partial charge in [0.2, 0.25) is 0 Å². The number of rotatable bonds is 8. The van der Waals surface area contributed by atoms with Gasteiger partial charge in [-0.1, -0.05) is 26.3 Å². The van der Waals surface area contributed by atoms with Crippen LogP contribution in [0.4, 0.5) is 0 Å². The fourth-order valence-electron chi connectivity index (χ4n) is 3.02. The van der Waals surface area contributed by atoms with Crippen molar-refractivity contribution in [1.82, 2.24) is 4.90 Å². The summed E-state index contributed by atoms with van der Waals surface area (Å²) < 4.78 is 5.89. The molecule has 0 radical (unpaired) electrons. The molecule has 1 aliphatic rings. The van der Waals surface area contributed by atoms with E-state index in [0.717, 1.165) is 18.8 Å². The molecule has 1 fully saturated rings. The van der Waals surface area contributed by atoms with Gasteiger partial charge in [-0.3, -0.25) is 4.90 Å². The number of hydrogen-bond acceptors (Lipinski definition) is 3. The van der Waals surface area contributed by atoms with Crippen molar-refractivity contribution >= 4 is 0 Å². The molecule has 0 aliphatic heterocycles. The Morgan fingerprint density at radius 3 is 2.57 bits per heavy atom. The molecule has 0 spiro atoms. The third kappa shape index (κ3) is 4.45. The van der Waals surface area contributed by atoms with Crippen LogP contribution in [-0.4, -0.2) is 42.4 Å². The molecule has 0 amide bonds. The zero-order valence-electron chi connectivity index (χ0n) is 13.6. The first-order valence-electron chi connectivity index (χ1n) is 8.20. The van der Waals surface area contributed by atoms with Crippen molar-refractivity contribution in [2.45, 2.75) is 52.0 Å². The summed E-state index contributed by atoms with van der Waals surface area (Å²) in [5.41, 5.74) is 2.69. The minimum atomic E-state index is 0.235. The number of ether oxygens (including phenoxy) is 1. The third-order valence-corrected chi connectivity index (χ3v) is 4.49. The zero-order chi connectivity index (χ0) is 15.2. The second kappa shape index (κ2) is 7.81. The van der Waals surface area contributed by atoms with E-state index in [0.29, 0.717) is 18.6 Å². The Morgan fingerprint density at radius 1 is 1.29 bits per heavy atom. The molecule has 1 saturated carbocycles. The summed E-state index contributed by atoms with van der Waals surface area (Å²) in [5.74, 6) is 1.51. The van der Waals surface area contributed by atoms with E-state index in [2.05, 4.69) is 43.9 Å². The summed E-state index contributed by atoms with van der Waals surface area (Å²) in [5, 5.41) is 9.16.